The van der Waals surface area contributed by atoms with E-state index in [4.69, 9.17) is 24.7 Å². The van der Waals surface area contributed by atoms with E-state index in [0.717, 1.165) is 55.5 Å². The van der Waals surface area contributed by atoms with Crippen molar-refractivity contribution in [3.8, 4) is 84.6 Å². The first kappa shape index (κ1) is 31.8. The van der Waals surface area contributed by atoms with Crippen LogP contribution < -0.4 is 4.74 Å². The molecule has 2 atom stereocenters. The Morgan fingerprint density at radius 1 is 0.439 bits per heavy atom. The zero-order chi connectivity index (χ0) is 37.5. The molecule has 0 saturated carbocycles. The maximum Gasteiger partial charge on any atom is 0.182 e. The number of rotatable bonds is 5. The molecule has 0 bridgehead atoms. The second-order valence-corrected chi connectivity index (χ2v) is 14.9. The molecule has 2 aliphatic carbocycles. The summed E-state index contributed by atoms with van der Waals surface area (Å²) >= 11 is 0. The predicted molar refractivity (Wildman–Crippen MR) is 230 cm³/mol. The van der Waals surface area contributed by atoms with Gasteiger partial charge in [0.05, 0.1) is 0 Å². The second kappa shape index (κ2) is 12.5. The monoisotopic (exact) mass is 728 g/mol. The van der Waals surface area contributed by atoms with Gasteiger partial charge in [0.2, 0.25) is 0 Å². The number of pyridine rings is 1. The highest BCUT2D eigenvalue weighted by Crippen LogP contribution is 2.53. The quantitative estimate of drug-likeness (QED) is 0.177. The highest BCUT2D eigenvalue weighted by atomic mass is 16.5. The topological polar surface area (TPSA) is 60.8 Å². The van der Waals surface area contributed by atoms with Gasteiger partial charge in [0.25, 0.3) is 0 Å². The van der Waals surface area contributed by atoms with E-state index in [1.807, 2.05) is 12.3 Å². The number of hydrogen-bond donors (Lipinski definition) is 0. The Morgan fingerprint density at radius 3 is 1.91 bits per heavy atom. The van der Waals surface area contributed by atoms with Crippen molar-refractivity contribution in [1.29, 1.82) is 0 Å². The largest absolute Gasteiger partial charge is 0.484 e. The molecule has 12 rings (SSSR count). The van der Waals surface area contributed by atoms with E-state index in [1.54, 1.807) is 0 Å². The number of hydrogen-bond acceptors (Lipinski definition) is 5. The number of benzene rings is 7. The van der Waals surface area contributed by atoms with Gasteiger partial charge in [0, 0.05) is 34.4 Å². The van der Waals surface area contributed by atoms with Crippen LogP contribution >= 0.6 is 0 Å². The molecule has 9 aromatic rings. The van der Waals surface area contributed by atoms with E-state index < -0.39 is 0 Å². The lowest BCUT2D eigenvalue weighted by Gasteiger charge is -2.16. The Morgan fingerprint density at radius 2 is 1.07 bits per heavy atom. The van der Waals surface area contributed by atoms with Crippen LogP contribution in [0.15, 0.2) is 182 Å². The molecule has 1 aliphatic heterocycles. The van der Waals surface area contributed by atoms with Crippen molar-refractivity contribution in [2.45, 2.75) is 12.0 Å². The first-order valence-corrected chi connectivity index (χ1v) is 19.4. The van der Waals surface area contributed by atoms with Crippen LogP contribution in [-0.2, 0) is 0 Å². The van der Waals surface area contributed by atoms with Crippen molar-refractivity contribution in [3.05, 3.63) is 188 Å². The van der Waals surface area contributed by atoms with Crippen LogP contribution in [0.1, 0.15) is 11.5 Å². The highest BCUT2D eigenvalue weighted by molar-refractivity contribution is 6.19. The Balaban J connectivity index is 1.06. The van der Waals surface area contributed by atoms with E-state index in [9.17, 15) is 0 Å². The molecule has 0 amide bonds. The van der Waals surface area contributed by atoms with Crippen LogP contribution in [0.5, 0.6) is 5.75 Å². The maximum atomic E-state index is 6.93. The van der Waals surface area contributed by atoms with Crippen LogP contribution in [0.25, 0.3) is 100 Å². The molecule has 0 fully saturated rings. The van der Waals surface area contributed by atoms with Crippen LogP contribution in [-0.4, -0.2) is 26.0 Å². The van der Waals surface area contributed by atoms with Crippen molar-refractivity contribution in [2.75, 3.05) is 0 Å². The molecule has 0 radical (unpaired) electrons. The summed E-state index contributed by atoms with van der Waals surface area (Å²) in [6.07, 6.45) is 10.3. The maximum absolute atomic E-state index is 6.93. The molecule has 3 aliphatic rings. The summed E-state index contributed by atoms with van der Waals surface area (Å²) in [5.41, 5.74) is 12.9. The lowest BCUT2D eigenvalue weighted by atomic mass is 9.88. The molecule has 0 spiro atoms. The average Bonchev–Trinajstić information content (AvgIpc) is 3.84. The van der Waals surface area contributed by atoms with E-state index in [2.05, 4.69) is 170 Å². The van der Waals surface area contributed by atoms with E-state index >= 15 is 0 Å². The Bertz CT molecular complexity index is 3140. The third-order valence-corrected chi connectivity index (χ3v) is 11.7. The highest BCUT2D eigenvalue weighted by Gasteiger charge is 2.39. The molecular weight excluding hydrogens is 697 g/mol. The van der Waals surface area contributed by atoms with Crippen molar-refractivity contribution < 1.29 is 4.74 Å². The fourth-order valence-electron chi connectivity index (χ4n) is 8.97. The predicted octanol–water partition coefficient (Wildman–Crippen LogP) is 12.5. The van der Waals surface area contributed by atoms with E-state index in [-0.39, 0.29) is 12.0 Å². The lowest BCUT2D eigenvalue weighted by Crippen LogP contribution is -2.16. The van der Waals surface area contributed by atoms with Gasteiger partial charge in [-0.05, 0) is 72.6 Å². The summed E-state index contributed by atoms with van der Waals surface area (Å²) in [5.74, 6) is 2.46. The summed E-state index contributed by atoms with van der Waals surface area (Å²) in [6.45, 7) is 0. The Labute approximate surface area is 329 Å². The van der Waals surface area contributed by atoms with Gasteiger partial charge in [-0.3, -0.25) is 4.98 Å². The fraction of sp³-hybridized carbons (Fsp3) is 0.0385. The van der Waals surface area contributed by atoms with Gasteiger partial charge in [-0.2, -0.15) is 0 Å². The fourth-order valence-corrected chi connectivity index (χ4v) is 8.97. The minimum atomic E-state index is -0.167. The summed E-state index contributed by atoms with van der Waals surface area (Å²) in [6, 6.07) is 53.3. The molecular formula is C52H32N4O. The van der Waals surface area contributed by atoms with Crippen molar-refractivity contribution in [3.63, 3.8) is 0 Å². The molecule has 3 heterocycles. The zero-order valence-corrected chi connectivity index (χ0v) is 30.7. The number of nitrogens with zero attached hydrogens (tertiary/aromatic N) is 4. The van der Waals surface area contributed by atoms with Gasteiger partial charge >= 0.3 is 0 Å². The van der Waals surface area contributed by atoms with Crippen molar-refractivity contribution in [1.82, 2.24) is 19.9 Å². The molecule has 2 unspecified atom stereocenters. The second-order valence-electron chi connectivity index (χ2n) is 14.9. The standard InChI is InChI=1S/C52H32N4O/c1-2-11-31(12-3-1)33-21-24-34(25-22-33)50-54-51(36-26-23-32-13-4-5-14-35(32)29-36)56-52(55-50)48-47-43-17-8-9-20-45(43)57-49(47)44(30-53-48)39-27-28-42-38-16-7-6-15-37(38)40-18-10-19-41(39)46(40)42/h1-30,43,45H. The Hall–Kier alpha value is -7.50. The van der Waals surface area contributed by atoms with Crippen LogP contribution in [0.3, 0.4) is 0 Å². The van der Waals surface area contributed by atoms with Gasteiger partial charge in [0.15, 0.2) is 17.5 Å². The molecule has 0 saturated heterocycles. The molecule has 2 aromatic heterocycles. The number of allylic oxidation sites excluding steroid dienone is 2. The summed E-state index contributed by atoms with van der Waals surface area (Å²) in [7, 11) is 0. The minimum absolute atomic E-state index is 0.0528. The third-order valence-electron chi connectivity index (χ3n) is 11.7. The molecule has 0 N–H and O–H groups in total. The summed E-state index contributed by atoms with van der Waals surface area (Å²) < 4.78 is 6.93. The molecule has 5 nitrogen and oxygen atoms in total. The molecule has 5 heteroatoms. The summed E-state index contributed by atoms with van der Waals surface area (Å²) in [5, 5.41) is 4.74. The molecule has 266 valence electrons. The number of ether oxygens (including phenoxy) is 1. The van der Waals surface area contributed by atoms with E-state index in [0.29, 0.717) is 23.2 Å². The van der Waals surface area contributed by atoms with Gasteiger partial charge in [-0.15, -0.1) is 0 Å². The van der Waals surface area contributed by atoms with Crippen LogP contribution in [0.4, 0.5) is 0 Å². The molecule has 7 aromatic carbocycles. The van der Waals surface area contributed by atoms with Crippen LogP contribution in [0, 0.1) is 0 Å². The third kappa shape index (κ3) is 5.02. The SMILES string of the molecule is C1=CC2Oc3c(-c4ccc5c6c(cccc46)-c4ccccc4-5)cnc(-c4nc(-c5ccc(-c6ccccc6)cc5)nc(-c5ccc6ccccc6c5)n4)c3C2C=C1. The van der Waals surface area contributed by atoms with E-state index in [1.165, 1.54) is 33.0 Å². The van der Waals surface area contributed by atoms with Crippen molar-refractivity contribution >= 4 is 21.5 Å². The van der Waals surface area contributed by atoms with Gasteiger partial charge < -0.3 is 4.74 Å². The normalized spacial score (nSPS) is 15.7. The smallest absolute Gasteiger partial charge is 0.182 e. The first-order valence-electron chi connectivity index (χ1n) is 19.4. The minimum Gasteiger partial charge on any atom is -0.484 e. The first-order chi connectivity index (χ1) is 28.2. The molecule has 57 heavy (non-hydrogen) atoms. The lowest BCUT2D eigenvalue weighted by molar-refractivity contribution is 0.270. The Kier molecular flexibility index (Phi) is 6.99. The van der Waals surface area contributed by atoms with Gasteiger partial charge in [-0.25, -0.2) is 15.0 Å². The number of aromatic nitrogens is 4. The van der Waals surface area contributed by atoms with Gasteiger partial charge in [-0.1, -0.05) is 164 Å². The average molecular weight is 729 g/mol. The zero-order valence-electron chi connectivity index (χ0n) is 30.7. The summed E-state index contributed by atoms with van der Waals surface area (Å²) in [4.78, 5) is 20.8. The van der Waals surface area contributed by atoms with Gasteiger partial charge in [0.1, 0.15) is 17.5 Å². The number of fused-ring (bicyclic) bond motifs is 7. The van der Waals surface area contributed by atoms with Crippen LogP contribution in [0.2, 0.25) is 0 Å². The van der Waals surface area contributed by atoms with Crippen molar-refractivity contribution in [2.24, 2.45) is 0 Å².